The van der Waals surface area contributed by atoms with Crippen molar-refractivity contribution < 1.29 is 22.3 Å². The van der Waals surface area contributed by atoms with Gasteiger partial charge in [0.15, 0.2) is 17.4 Å². The smallest absolute Gasteiger partial charge is 0.204 e. The van der Waals surface area contributed by atoms with Crippen LogP contribution in [0.2, 0.25) is 0 Å². The molecule has 0 aromatic heterocycles. The summed E-state index contributed by atoms with van der Waals surface area (Å²) in [6.45, 7) is 3.74. The van der Waals surface area contributed by atoms with Crippen molar-refractivity contribution in [2.24, 2.45) is 0 Å². The fraction of sp³-hybridized carbons (Fsp3) is 0.111. The minimum absolute atomic E-state index is 0.237. The first-order chi connectivity index (χ1) is 15.4. The van der Waals surface area contributed by atoms with Gasteiger partial charge in [-0.3, -0.25) is 0 Å². The van der Waals surface area contributed by atoms with Crippen LogP contribution in [0.4, 0.5) is 17.6 Å². The van der Waals surface area contributed by atoms with Gasteiger partial charge in [0, 0.05) is 11.1 Å². The van der Waals surface area contributed by atoms with Gasteiger partial charge in [-0.15, -0.1) is 6.58 Å². The lowest BCUT2D eigenvalue weighted by Crippen LogP contribution is -2.00. The number of rotatable bonds is 6. The van der Waals surface area contributed by atoms with E-state index in [1.165, 1.54) is 17.7 Å². The Bertz CT molecular complexity index is 1330. The lowest BCUT2D eigenvalue weighted by molar-refractivity contribution is 0.347. The number of benzene rings is 4. The summed E-state index contributed by atoms with van der Waals surface area (Å²) in [6.07, 6.45) is 3.70. The number of aryl methyl sites for hydroxylation is 1. The summed E-state index contributed by atoms with van der Waals surface area (Å²) in [4.78, 5) is 0. The first kappa shape index (κ1) is 21.6. The second-order valence-electron chi connectivity index (χ2n) is 7.49. The average Bonchev–Trinajstić information content (AvgIpc) is 2.80. The number of allylic oxidation sites excluding steroid dienone is 1. The second-order valence-corrected chi connectivity index (χ2v) is 7.49. The molecule has 0 amide bonds. The van der Waals surface area contributed by atoms with Crippen molar-refractivity contribution in [1.82, 2.24) is 0 Å². The van der Waals surface area contributed by atoms with E-state index in [0.717, 1.165) is 42.4 Å². The second kappa shape index (κ2) is 8.87. The van der Waals surface area contributed by atoms with Crippen LogP contribution in [0.3, 0.4) is 0 Å². The molecule has 0 aliphatic heterocycles. The van der Waals surface area contributed by atoms with E-state index in [1.54, 1.807) is 6.07 Å². The molecule has 0 atom stereocenters. The van der Waals surface area contributed by atoms with E-state index in [4.69, 9.17) is 0 Å². The Balaban J connectivity index is 1.71. The van der Waals surface area contributed by atoms with Crippen LogP contribution in [-0.2, 0) is 6.42 Å². The van der Waals surface area contributed by atoms with Crippen molar-refractivity contribution in [1.29, 1.82) is 0 Å². The maximum Gasteiger partial charge on any atom is 0.204 e. The lowest BCUT2D eigenvalue weighted by atomic mass is 9.96. The third kappa shape index (κ3) is 3.98. The van der Waals surface area contributed by atoms with Gasteiger partial charge in [0.1, 0.15) is 5.82 Å². The zero-order valence-corrected chi connectivity index (χ0v) is 17.4. The molecule has 5 heteroatoms. The third-order valence-corrected chi connectivity index (χ3v) is 5.46. The number of fused-ring (bicyclic) bond motifs is 1. The van der Waals surface area contributed by atoms with Gasteiger partial charge in [-0.25, -0.2) is 13.2 Å². The van der Waals surface area contributed by atoms with Crippen LogP contribution in [0, 0.1) is 23.3 Å². The predicted octanol–water partition coefficient (Wildman–Crippen LogP) is 7.86. The summed E-state index contributed by atoms with van der Waals surface area (Å²) < 4.78 is 61.9. The first-order valence-electron chi connectivity index (χ1n) is 10.1. The van der Waals surface area contributed by atoms with Crippen LogP contribution < -0.4 is 4.74 Å². The summed E-state index contributed by atoms with van der Waals surface area (Å²) in [7, 11) is 1.03. The molecule has 4 aromatic carbocycles. The van der Waals surface area contributed by atoms with Gasteiger partial charge >= 0.3 is 0 Å². The summed E-state index contributed by atoms with van der Waals surface area (Å²) in [5.41, 5.74) is 1.81. The van der Waals surface area contributed by atoms with Gasteiger partial charge in [0.2, 0.25) is 5.82 Å². The van der Waals surface area contributed by atoms with Crippen LogP contribution in [0.15, 0.2) is 73.3 Å². The van der Waals surface area contributed by atoms with Gasteiger partial charge in [-0.05, 0) is 58.5 Å². The highest BCUT2D eigenvalue weighted by atomic mass is 19.2. The highest BCUT2D eigenvalue weighted by Gasteiger charge is 2.22. The standard InChI is InChI=1S/C27H20F4O/c1-3-4-5-16-6-7-18-13-19(9-8-17(18)12-16)20-10-11-21(23(28)14-20)22-15-24(29)27(32-2)26(31)25(22)30/h3,6-15H,1,4-5H2,2H3. The molecule has 0 aliphatic rings. The van der Waals surface area contributed by atoms with E-state index < -0.39 is 34.6 Å². The number of methoxy groups -OCH3 is 1. The lowest BCUT2D eigenvalue weighted by Gasteiger charge is -2.12. The number of hydrogen-bond donors (Lipinski definition) is 0. The van der Waals surface area contributed by atoms with Crippen molar-refractivity contribution in [3.8, 4) is 28.0 Å². The Morgan fingerprint density at radius 3 is 2.16 bits per heavy atom. The Labute approximate surface area is 183 Å². The summed E-state index contributed by atoms with van der Waals surface area (Å²) in [5.74, 6) is -5.59. The zero-order chi connectivity index (χ0) is 22.8. The van der Waals surface area contributed by atoms with Gasteiger partial charge in [0.25, 0.3) is 0 Å². The van der Waals surface area contributed by atoms with Crippen molar-refractivity contribution in [3.05, 3.63) is 102 Å². The molecule has 0 spiro atoms. The third-order valence-electron chi connectivity index (χ3n) is 5.46. The van der Waals surface area contributed by atoms with Gasteiger partial charge < -0.3 is 4.74 Å². The van der Waals surface area contributed by atoms with E-state index in [0.29, 0.717) is 5.56 Å². The largest absolute Gasteiger partial charge is 0.491 e. The number of hydrogen-bond acceptors (Lipinski definition) is 1. The van der Waals surface area contributed by atoms with E-state index in [-0.39, 0.29) is 5.56 Å². The first-order valence-corrected chi connectivity index (χ1v) is 10.1. The van der Waals surface area contributed by atoms with Gasteiger partial charge in [-0.2, -0.15) is 4.39 Å². The Kier molecular flexibility index (Phi) is 5.99. The topological polar surface area (TPSA) is 9.23 Å². The molecule has 32 heavy (non-hydrogen) atoms. The minimum atomic E-state index is -1.49. The molecule has 1 nitrogen and oxygen atoms in total. The fourth-order valence-corrected chi connectivity index (χ4v) is 3.77. The Morgan fingerprint density at radius 1 is 0.750 bits per heavy atom. The van der Waals surface area contributed by atoms with Crippen molar-refractivity contribution in [2.75, 3.05) is 7.11 Å². The van der Waals surface area contributed by atoms with Crippen LogP contribution >= 0.6 is 0 Å². The van der Waals surface area contributed by atoms with E-state index in [2.05, 4.69) is 23.4 Å². The Hall–Kier alpha value is -3.60. The van der Waals surface area contributed by atoms with Gasteiger partial charge in [-0.1, -0.05) is 48.5 Å². The highest BCUT2D eigenvalue weighted by molar-refractivity contribution is 5.88. The van der Waals surface area contributed by atoms with Crippen LogP contribution in [0.25, 0.3) is 33.0 Å². The molecule has 0 aliphatic carbocycles. The van der Waals surface area contributed by atoms with Crippen LogP contribution in [-0.4, -0.2) is 7.11 Å². The summed E-state index contributed by atoms with van der Waals surface area (Å²) in [5, 5.41) is 2.07. The van der Waals surface area contributed by atoms with E-state index in [1.807, 2.05) is 30.3 Å². The van der Waals surface area contributed by atoms with E-state index >= 15 is 0 Å². The molecule has 0 radical (unpaired) electrons. The number of ether oxygens (including phenoxy) is 1. The Morgan fingerprint density at radius 2 is 1.44 bits per heavy atom. The quantitative estimate of drug-likeness (QED) is 0.170. The average molecular weight is 436 g/mol. The predicted molar refractivity (Wildman–Crippen MR) is 120 cm³/mol. The molecule has 0 unspecified atom stereocenters. The molecule has 0 saturated carbocycles. The van der Waals surface area contributed by atoms with Crippen LogP contribution in [0.5, 0.6) is 5.75 Å². The molecule has 0 heterocycles. The van der Waals surface area contributed by atoms with E-state index in [9.17, 15) is 17.6 Å². The van der Waals surface area contributed by atoms with Crippen molar-refractivity contribution >= 4 is 10.8 Å². The van der Waals surface area contributed by atoms with Crippen molar-refractivity contribution in [2.45, 2.75) is 12.8 Å². The van der Waals surface area contributed by atoms with Crippen LogP contribution in [0.1, 0.15) is 12.0 Å². The SMILES string of the molecule is C=CCCc1ccc2cc(-c3ccc(-c4cc(F)c(OC)c(F)c4F)c(F)c3)ccc2c1. The molecule has 0 N–H and O–H groups in total. The maximum absolute atomic E-state index is 14.9. The zero-order valence-electron chi connectivity index (χ0n) is 17.4. The monoisotopic (exact) mass is 436 g/mol. The maximum atomic E-state index is 14.9. The molecule has 0 saturated heterocycles. The minimum Gasteiger partial charge on any atom is -0.491 e. The highest BCUT2D eigenvalue weighted by Crippen LogP contribution is 2.35. The molecular formula is C27H20F4O. The molecular weight excluding hydrogens is 416 g/mol. The molecule has 0 fully saturated rings. The molecule has 0 bridgehead atoms. The number of halogens is 4. The fourth-order valence-electron chi connectivity index (χ4n) is 3.77. The summed E-state index contributed by atoms with van der Waals surface area (Å²) in [6, 6.07) is 16.8. The van der Waals surface area contributed by atoms with Crippen molar-refractivity contribution in [3.63, 3.8) is 0 Å². The summed E-state index contributed by atoms with van der Waals surface area (Å²) >= 11 is 0. The normalized spacial score (nSPS) is 11.0. The molecule has 4 rings (SSSR count). The van der Waals surface area contributed by atoms with Gasteiger partial charge in [0.05, 0.1) is 7.11 Å². The molecule has 4 aromatic rings. The molecule has 162 valence electrons.